The first kappa shape index (κ1) is 21.2. The van der Waals surface area contributed by atoms with Crippen molar-refractivity contribution in [1.82, 2.24) is 9.80 Å². The fourth-order valence-corrected chi connectivity index (χ4v) is 3.03. The molecule has 1 saturated heterocycles. The lowest BCUT2D eigenvalue weighted by molar-refractivity contribution is -0.141. The highest BCUT2D eigenvalue weighted by Crippen LogP contribution is 2.13. The first-order valence-electron chi connectivity index (χ1n) is 9.40. The van der Waals surface area contributed by atoms with E-state index in [-0.39, 0.29) is 18.3 Å². The number of benzene rings is 1. The van der Waals surface area contributed by atoms with Crippen molar-refractivity contribution in [3.05, 3.63) is 29.8 Å². The maximum Gasteiger partial charge on any atom is 0.307 e. The smallest absolute Gasteiger partial charge is 0.307 e. The molecule has 7 heteroatoms. The zero-order valence-corrected chi connectivity index (χ0v) is 16.3. The monoisotopic (exact) mass is 378 g/mol. The lowest BCUT2D eigenvalue weighted by Gasteiger charge is -2.28. The average molecular weight is 378 g/mol. The van der Waals surface area contributed by atoms with Crippen LogP contribution in [-0.2, 0) is 25.5 Å². The highest BCUT2D eigenvalue weighted by atomic mass is 16.5. The number of amides is 1. The molecule has 1 amide bonds. The number of carbonyl (C=O) groups excluding carboxylic acids is 2. The van der Waals surface area contributed by atoms with Crippen LogP contribution in [-0.4, -0.2) is 81.8 Å². The van der Waals surface area contributed by atoms with Gasteiger partial charge in [-0.2, -0.15) is 0 Å². The van der Waals surface area contributed by atoms with Crippen molar-refractivity contribution in [2.75, 3.05) is 60.2 Å². The molecule has 1 aliphatic rings. The van der Waals surface area contributed by atoms with Crippen molar-refractivity contribution in [3.63, 3.8) is 0 Å². The molecule has 0 aliphatic carbocycles. The Kier molecular flexibility index (Phi) is 9.07. The van der Waals surface area contributed by atoms with Crippen LogP contribution in [0.1, 0.15) is 18.4 Å². The van der Waals surface area contributed by atoms with Gasteiger partial charge in [0, 0.05) is 32.7 Å². The number of hydrogen-bond donors (Lipinski definition) is 0. The van der Waals surface area contributed by atoms with Gasteiger partial charge >= 0.3 is 5.97 Å². The Bertz CT molecular complexity index is 585. The molecule has 27 heavy (non-hydrogen) atoms. The summed E-state index contributed by atoms with van der Waals surface area (Å²) < 4.78 is 15.2. The summed E-state index contributed by atoms with van der Waals surface area (Å²) in [5.41, 5.74) is 0.928. The van der Waals surface area contributed by atoms with Crippen LogP contribution in [0, 0.1) is 0 Å². The Morgan fingerprint density at radius 3 is 2.44 bits per heavy atom. The Labute approximate surface area is 161 Å². The van der Waals surface area contributed by atoms with Crippen molar-refractivity contribution in [3.8, 4) is 5.75 Å². The number of ether oxygens (including phenoxy) is 3. The van der Waals surface area contributed by atoms with Crippen molar-refractivity contribution < 1.29 is 23.8 Å². The van der Waals surface area contributed by atoms with E-state index in [1.54, 1.807) is 12.0 Å². The van der Waals surface area contributed by atoms with Crippen molar-refractivity contribution in [1.29, 1.82) is 0 Å². The second kappa shape index (κ2) is 11.6. The molecule has 0 saturated carbocycles. The molecule has 2 rings (SSSR count). The molecule has 1 fully saturated rings. The van der Waals surface area contributed by atoms with Gasteiger partial charge in [-0.3, -0.25) is 14.5 Å². The number of esters is 1. The summed E-state index contributed by atoms with van der Waals surface area (Å²) in [5, 5.41) is 0. The molecular weight excluding hydrogens is 348 g/mol. The van der Waals surface area contributed by atoms with E-state index in [4.69, 9.17) is 14.2 Å². The molecule has 0 N–H and O–H groups in total. The minimum atomic E-state index is -0.301. The highest BCUT2D eigenvalue weighted by molar-refractivity contribution is 5.79. The number of hydrogen-bond acceptors (Lipinski definition) is 6. The zero-order valence-electron chi connectivity index (χ0n) is 16.3. The number of methoxy groups -OCH3 is 2. The fraction of sp³-hybridized carbons (Fsp3) is 0.600. The van der Waals surface area contributed by atoms with Crippen molar-refractivity contribution >= 4 is 11.9 Å². The molecule has 1 aromatic rings. The molecule has 0 bridgehead atoms. The van der Waals surface area contributed by atoms with Gasteiger partial charge in [-0.25, -0.2) is 0 Å². The van der Waals surface area contributed by atoms with Crippen LogP contribution in [0.25, 0.3) is 0 Å². The van der Waals surface area contributed by atoms with Crippen LogP contribution in [0.5, 0.6) is 5.75 Å². The number of carbonyl (C=O) groups is 2. The Balaban J connectivity index is 1.87. The summed E-state index contributed by atoms with van der Waals surface area (Å²) in [6.45, 7) is 5.33. The van der Waals surface area contributed by atoms with Crippen molar-refractivity contribution in [2.24, 2.45) is 0 Å². The standard InChI is InChI=1S/C20H30N2O5/c1-25-18-6-4-17(5-7-18)16-19(23)22(11-8-20(24)26-2)10-3-9-21-12-14-27-15-13-21/h4-7H,3,8-16H2,1-2H3. The second-order valence-electron chi connectivity index (χ2n) is 6.54. The van der Waals surface area contributed by atoms with Crippen LogP contribution < -0.4 is 4.74 Å². The minimum absolute atomic E-state index is 0.0195. The third-order valence-corrected chi connectivity index (χ3v) is 4.69. The van der Waals surface area contributed by atoms with Gasteiger partial charge in [0.15, 0.2) is 0 Å². The van der Waals surface area contributed by atoms with E-state index >= 15 is 0 Å². The van der Waals surface area contributed by atoms with Gasteiger partial charge in [-0.1, -0.05) is 12.1 Å². The van der Waals surface area contributed by atoms with Gasteiger partial charge in [-0.05, 0) is 24.1 Å². The summed E-state index contributed by atoms with van der Waals surface area (Å²) >= 11 is 0. The molecule has 0 aromatic heterocycles. The van der Waals surface area contributed by atoms with Gasteiger partial charge in [-0.15, -0.1) is 0 Å². The van der Waals surface area contributed by atoms with E-state index in [2.05, 4.69) is 4.90 Å². The summed E-state index contributed by atoms with van der Waals surface area (Å²) in [6.07, 6.45) is 1.39. The van der Waals surface area contributed by atoms with Gasteiger partial charge in [0.05, 0.1) is 40.3 Å². The molecule has 7 nitrogen and oxygen atoms in total. The number of morpholine rings is 1. The SMILES string of the molecule is COC(=O)CCN(CCCN1CCOCC1)C(=O)Cc1ccc(OC)cc1. The zero-order chi connectivity index (χ0) is 19.5. The predicted molar refractivity (Wildman–Crippen MR) is 102 cm³/mol. The Morgan fingerprint density at radius 1 is 1.11 bits per heavy atom. The third kappa shape index (κ3) is 7.56. The Hall–Kier alpha value is -2.12. The predicted octanol–water partition coefficient (Wildman–Crippen LogP) is 1.35. The summed E-state index contributed by atoms with van der Waals surface area (Å²) in [7, 11) is 2.98. The molecular formula is C20H30N2O5. The first-order chi connectivity index (χ1) is 13.1. The van der Waals surface area contributed by atoms with E-state index in [9.17, 15) is 9.59 Å². The van der Waals surface area contributed by atoms with Gasteiger partial charge in [0.1, 0.15) is 5.75 Å². The quantitative estimate of drug-likeness (QED) is 0.573. The number of rotatable bonds is 10. The number of nitrogens with zero attached hydrogens (tertiary/aromatic N) is 2. The lowest BCUT2D eigenvalue weighted by Crippen LogP contribution is -2.40. The minimum Gasteiger partial charge on any atom is -0.497 e. The summed E-state index contributed by atoms with van der Waals surface area (Å²) in [6, 6.07) is 7.48. The fourth-order valence-electron chi connectivity index (χ4n) is 3.03. The molecule has 0 atom stereocenters. The normalized spacial score (nSPS) is 14.6. The molecule has 1 aliphatic heterocycles. The molecule has 0 spiro atoms. The molecule has 0 unspecified atom stereocenters. The lowest BCUT2D eigenvalue weighted by atomic mass is 10.1. The highest BCUT2D eigenvalue weighted by Gasteiger charge is 2.17. The first-order valence-corrected chi connectivity index (χ1v) is 9.40. The van der Waals surface area contributed by atoms with Crippen LogP contribution >= 0.6 is 0 Å². The van der Waals surface area contributed by atoms with E-state index in [0.29, 0.717) is 19.5 Å². The van der Waals surface area contributed by atoms with Crippen molar-refractivity contribution in [2.45, 2.75) is 19.3 Å². The van der Waals surface area contributed by atoms with Gasteiger partial charge in [0.2, 0.25) is 5.91 Å². The molecule has 1 aromatic carbocycles. The maximum atomic E-state index is 12.8. The Morgan fingerprint density at radius 2 is 1.81 bits per heavy atom. The van der Waals surface area contributed by atoms with Crippen LogP contribution in [0.4, 0.5) is 0 Å². The average Bonchev–Trinajstić information content (AvgIpc) is 2.71. The molecule has 1 heterocycles. The molecule has 0 radical (unpaired) electrons. The van der Waals surface area contributed by atoms with E-state index in [0.717, 1.165) is 50.6 Å². The molecule has 150 valence electrons. The maximum absolute atomic E-state index is 12.8. The van der Waals surface area contributed by atoms with Crippen LogP contribution in [0.15, 0.2) is 24.3 Å². The van der Waals surface area contributed by atoms with E-state index in [1.165, 1.54) is 7.11 Å². The van der Waals surface area contributed by atoms with Crippen LogP contribution in [0.3, 0.4) is 0 Å². The third-order valence-electron chi connectivity index (χ3n) is 4.69. The largest absolute Gasteiger partial charge is 0.497 e. The van der Waals surface area contributed by atoms with Crippen LogP contribution in [0.2, 0.25) is 0 Å². The summed E-state index contributed by atoms with van der Waals surface area (Å²) in [5.74, 6) is 0.482. The van der Waals surface area contributed by atoms with Gasteiger partial charge < -0.3 is 19.1 Å². The van der Waals surface area contributed by atoms with Gasteiger partial charge in [0.25, 0.3) is 0 Å². The van der Waals surface area contributed by atoms with E-state index in [1.807, 2.05) is 24.3 Å². The second-order valence-corrected chi connectivity index (χ2v) is 6.54. The van der Waals surface area contributed by atoms with E-state index < -0.39 is 0 Å². The topological polar surface area (TPSA) is 68.3 Å². The summed E-state index contributed by atoms with van der Waals surface area (Å²) in [4.78, 5) is 28.4.